The van der Waals surface area contributed by atoms with Crippen LogP contribution < -0.4 is 10.9 Å². The first-order valence-electron chi connectivity index (χ1n) is 4.41. The molecule has 0 aromatic carbocycles. The first-order valence-corrected chi connectivity index (χ1v) is 4.41. The number of rotatable bonds is 2. The van der Waals surface area contributed by atoms with E-state index in [1.165, 1.54) is 6.07 Å². The van der Waals surface area contributed by atoms with Gasteiger partial charge in [-0.3, -0.25) is 4.79 Å². The maximum absolute atomic E-state index is 11.1. The molecule has 6 heteroatoms. The number of nitrogens with zero attached hydrogens (tertiary/aromatic N) is 1. The van der Waals surface area contributed by atoms with E-state index in [-0.39, 0.29) is 11.1 Å². The van der Waals surface area contributed by atoms with Crippen LogP contribution in [0.5, 0.6) is 0 Å². The van der Waals surface area contributed by atoms with Crippen molar-refractivity contribution in [2.24, 2.45) is 0 Å². The fourth-order valence-electron chi connectivity index (χ4n) is 1.01. The highest BCUT2D eigenvalue weighted by atomic mass is 16.4. The van der Waals surface area contributed by atoms with Crippen molar-refractivity contribution >= 4 is 11.8 Å². The minimum absolute atomic E-state index is 0.249. The third-order valence-corrected chi connectivity index (χ3v) is 1.54. The molecule has 0 aliphatic carbocycles. The number of H-pyrrole nitrogens is 1. The summed E-state index contributed by atoms with van der Waals surface area (Å²) in [6.45, 7) is 5.71. The Labute approximate surface area is 86.3 Å². The molecule has 1 heterocycles. The number of hydrogen-bond acceptors (Lipinski definition) is 4. The summed E-state index contributed by atoms with van der Waals surface area (Å²) in [5.74, 6) is -0.935. The van der Waals surface area contributed by atoms with Crippen LogP contribution in [0.25, 0.3) is 0 Å². The van der Waals surface area contributed by atoms with Gasteiger partial charge >= 0.3 is 5.97 Å². The molecule has 0 atom stereocenters. The van der Waals surface area contributed by atoms with Crippen molar-refractivity contribution in [3.05, 3.63) is 22.0 Å². The Morgan fingerprint density at radius 3 is 2.60 bits per heavy atom. The molecule has 1 aromatic rings. The average molecular weight is 211 g/mol. The molecular weight excluding hydrogens is 198 g/mol. The van der Waals surface area contributed by atoms with E-state index < -0.39 is 11.5 Å². The van der Waals surface area contributed by atoms with Crippen LogP contribution in [0, 0.1) is 0 Å². The van der Waals surface area contributed by atoms with Crippen LogP contribution in [0.1, 0.15) is 31.1 Å². The number of carboxylic acid groups (broad SMARTS) is 1. The van der Waals surface area contributed by atoms with E-state index in [0.717, 1.165) is 0 Å². The van der Waals surface area contributed by atoms with E-state index in [0.29, 0.717) is 5.82 Å². The summed E-state index contributed by atoms with van der Waals surface area (Å²) in [6.07, 6.45) is 0. The minimum atomic E-state index is -1.27. The monoisotopic (exact) mass is 211 g/mol. The lowest BCUT2D eigenvalue weighted by atomic mass is 10.1. The highest BCUT2D eigenvalue weighted by Gasteiger charge is 2.14. The number of carbonyl (C=O) groups is 1. The largest absolute Gasteiger partial charge is 0.477 e. The molecule has 15 heavy (non-hydrogen) atoms. The topological polar surface area (TPSA) is 95.1 Å². The molecule has 0 radical (unpaired) electrons. The molecule has 1 rings (SSSR count). The maximum Gasteiger partial charge on any atom is 0.341 e. The van der Waals surface area contributed by atoms with Crippen molar-refractivity contribution in [3.63, 3.8) is 0 Å². The van der Waals surface area contributed by atoms with Crippen LogP contribution in [-0.2, 0) is 0 Å². The van der Waals surface area contributed by atoms with Gasteiger partial charge in [-0.05, 0) is 20.8 Å². The molecule has 82 valence electrons. The number of aromatic carboxylic acids is 1. The van der Waals surface area contributed by atoms with Crippen LogP contribution >= 0.6 is 0 Å². The van der Waals surface area contributed by atoms with Crippen molar-refractivity contribution in [2.45, 2.75) is 26.3 Å². The quantitative estimate of drug-likeness (QED) is 0.668. The van der Waals surface area contributed by atoms with Crippen molar-refractivity contribution in [1.82, 2.24) is 10.2 Å². The summed E-state index contributed by atoms with van der Waals surface area (Å²) in [7, 11) is 0. The van der Waals surface area contributed by atoms with Crippen molar-refractivity contribution < 1.29 is 9.90 Å². The zero-order valence-electron chi connectivity index (χ0n) is 8.79. The third kappa shape index (κ3) is 3.08. The summed E-state index contributed by atoms with van der Waals surface area (Å²) in [6, 6.07) is 1.21. The molecule has 0 saturated carbocycles. The summed E-state index contributed by atoms with van der Waals surface area (Å²) >= 11 is 0. The summed E-state index contributed by atoms with van der Waals surface area (Å²) in [5, 5.41) is 17.5. The summed E-state index contributed by atoms with van der Waals surface area (Å²) in [4.78, 5) is 21.7. The van der Waals surface area contributed by atoms with Crippen molar-refractivity contribution in [3.8, 4) is 0 Å². The SMILES string of the molecule is CC(C)(C)Nc1cc(C(=O)O)c(=O)[nH]n1. The molecule has 0 fully saturated rings. The smallest absolute Gasteiger partial charge is 0.341 e. The van der Waals surface area contributed by atoms with E-state index in [1.54, 1.807) is 0 Å². The highest BCUT2D eigenvalue weighted by molar-refractivity contribution is 5.87. The van der Waals surface area contributed by atoms with Crippen LogP contribution in [0.3, 0.4) is 0 Å². The van der Waals surface area contributed by atoms with Gasteiger partial charge in [0.25, 0.3) is 5.56 Å². The molecule has 0 aliphatic rings. The molecule has 0 amide bonds. The van der Waals surface area contributed by atoms with Gasteiger partial charge in [-0.2, -0.15) is 5.10 Å². The molecular formula is C9H13N3O3. The second-order valence-electron chi connectivity index (χ2n) is 4.18. The van der Waals surface area contributed by atoms with Gasteiger partial charge in [0.05, 0.1) is 0 Å². The number of hydrogen-bond donors (Lipinski definition) is 3. The van der Waals surface area contributed by atoms with Crippen LogP contribution in [0.4, 0.5) is 5.82 Å². The number of aromatic amines is 1. The van der Waals surface area contributed by atoms with Gasteiger partial charge in [-0.1, -0.05) is 0 Å². The lowest BCUT2D eigenvalue weighted by molar-refractivity contribution is 0.0694. The minimum Gasteiger partial charge on any atom is -0.477 e. The Balaban J connectivity index is 3.09. The van der Waals surface area contributed by atoms with E-state index in [9.17, 15) is 9.59 Å². The fraction of sp³-hybridized carbons (Fsp3) is 0.444. The molecule has 0 aliphatic heterocycles. The van der Waals surface area contributed by atoms with Crippen LogP contribution in [0.2, 0.25) is 0 Å². The Bertz CT molecular complexity index is 431. The molecule has 0 bridgehead atoms. The predicted octanol–water partition coefficient (Wildman–Crippen LogP) is 0.678. The van der Waals surface area contributed by atoms with Gasteiger partial charge in [-0.25, -0.2) is 9.89 Å². The van der Waals surface area contributed by atoms with Gasteiger partial charge in [0.1, 0.15) is 11.4 Å². The van der Waals surface area contributed by atoms with Gasteiger partial charge in [0.2, 0.25) is 0 Å². The van der Waals surface area contributed by atoms with Crippen LogP contribution in [-0.4, -0.2) is 26.8 Å². The first-order chi connectivity index (χ1) is 6.79. The number of carboxylic acids is 1. The third-order valence-electron chi connectivity index (χ3n) is 1.54. The van der Waals surface area contributed by atoms with Gasteiger partial charge in [0.15, 0.2) is 0 Å². The zero-order valence-corrected chi connectivity index (χ0v) is 8.79. The predicted molar refractivity (Wildman–Crippen MR) is 55.2 cm³/mol. The van der Waals surface area contributed by atoms with E-state index in [1.807, 2.05) is 20.8 Å². The molecule has 0 saturated heterocycles. The Morgan fingerprint density at radius 2 is 2.13 bits per heavy atom. The summed E-state index contributed by atoms with van der Waals surface area (Å²) in [5.41, 5.74) is -1.28. The first kappa shape index (κ1) is 11.2. The number of nitrogens with one attached hydrogen (secondary N) is 2. The Hall–Kier alpha value is -1.85. The van der Waals surface area contributed by atoms with Crippen molar-refractivity contribution in [1.29, 1.82) is 0 Å². The molecule has 0 spiro atoms. The lowest BCUT2D eigenvalue weighted by Crippen LogP contribution is -2.28. The normalized spacial score (nSPS) is 11.1. The van der Waals surface area contributed by atoms with E-state index in [2.05, 4.69) is 15.5 Å². The number of aromatic nitrogens is 2. The van der Waals surface area contributed by atoms with Crippen LogP contribution in [0.15, 0.2) is 10.9 Å². The molecule has 6 nitrogen and oxygen atoms in total. The van der Waals surface area contributed by atoms with Gasteiger partial charge in [0, 0.05) is 11.6 Å². The van der Waals surface area contributed by atoms with E-state index >= 15 is 0 Å². The second kappa shape index (κ2) is 3.72. The maximum atomic E-state index is 11.1. The van der Waals surface area contributed by atoms with E-state index in [4.69, 9.17) is 5.11 Å². The van der Waals surface area contributed by atoms with Gasteiger partial charge in [-0.15, -0.1) is 0 Å². The average Bonchev–Trinajstić information content (AvgIpc) is 2.05. The fourth-order valence-corrected chi connectivity index (χ4v) is 1.01. The lowest BCUT2D eigenvalue weighted by Gasteiger charge is -2.20. The zero-order chi connectivity index (χ0) is 11.6. The molecule has 3 N–H and O–H groups in total. The Morgan fingerprint density at radius 1 is 1.53 bits per heavy atom. The second-order valence-corrected chi connectivity index (χ2v) is 4.18. The Kier molecular flexibility index (Phi) is 2.78. The standard InChI is InChI=1S/C9H13N3O3/c1-9(2,3)10-6-4-5(8(14)15)7(13)12-11-6/h4H,1-3H3,(H,10,11)(H,12,13)(H,14,15). The molecule has 0 unspecified atom stereocenters. The number of anilines is 1. The summed E-state index contributed by atoms with van der Waals surface area (Å²) < 4.78 is 0. The highest BCUT2D eigenvalue weighted by Crippen LogP contribution is 2.10. The van der Waals surface area contributed by atoms with Gasteiger partial charge < -0.3 is 10.4 Å². The molecule has 1 aromatic heterocycles. The van der Waals surface area contributed by atoms with Crippen molar-refractivity contribution in [2.75, 3.05) is 5.32 Å².